The monoisotopic (exact) mass is 296 g/mol. The molecule has 0 aliphatic carbocycles. The Bertz CT molecular complexity index is 677. The van der Waals surface area contributed by atoms with Gasteiger partial charge < -0.3 is 5.32 Å². The van der Waals surface area contributed by atoms with Crippen LogP contribution in [0.3, 0.4) is 0 Å². The lowest BCUT2D eigenvalue weighted by Gasteiger charge is -2.15. The predicted molar refractivity (Wildman–Crippen MR) is 78.4 cm³/mol. The molecule has 0 spiro atoms. The summed E-state index contributed by atoms with van der Waals surface area (Å²) in [5.41, 5.74) is 1.59. The molecule has 0 fully saturated rings. The highest BCUT2D eigenvalue weighted by molar-refractivity contribution is 7.90. The number of nitrogens with one attached hydrogen (secondary N) is 1. The molecule has 1 unspecified atom stereocenters. The topological polar surface area (TPSA) is 59.1 Å². The first-order valence-electron chi connectivity index (χ1n) is 5.85. The maximum atomic E-state index is 11.7. The summed E-state index contributed by atoms with van der Waals surface area (Å²) in [6.45, 7) is 3.91. The van der Waals surface area contributed by atoms with Crippen molar-refractivity contribution in [2.45, 2.75) is 24.8 Å². The number of rotatable bonds is 4. The van der Waals surface area contributed by atoms with Crippen LogP contribution in [0.15, 0.2) is 34.5 Å². The Morgan fingerprint density at radius 3 is 2.58 bits per heavy atom. The molecule has 4 nitrogen and oxygen atoms in total. The first kappa shape index (κ1) is 14.0. The molecular formula is C13H16N2O2S2. The van der Waals surface area contributed by atoms with Gasteiger partial charge in [-0.15, -0.1) is 11.3 Å². The van der Waals surface area contributed by atoms with Gasteiger partial charge in [0.1, 0.15) is 5.01 Å². The van der Waals surface area contributed by atoms with E-state index in [0.29, 0.717) is 10.6 Å². The van der Waals surface area contributed by atoms with Crippen molar-refractivity contribution < 1.29 is 8.42 Å². The van der Waals surface area contributed by atoms with E-state index in [1.54, 1.807) is 29.5 Å². The first-order chi connectivity index (χ1) is 8.88. The van der Waals surface area contributed by atoms with Crippen LogP contribution in [-0.4, -0.2) is 19.7 Å². The van der Waals surface area contributed by atoms with Gasteiger partial charge in [-0.3, -0.25) is 0 Å². The van der Waals surface area contributed by atoms with Gasteiger partial charge >= 0.3 is 0 Å². The van der Waals surface area contributed by atoms with Gasteiger partial charge in [0, 0.05) is 17.3 Å². The zero-order valence-electron chi connectivity index (χ0n) is 11.0. The SMILES string of the molecule is Cc1csc(C(C)Nc2ccccc2S(C)(=O)=O)n1. The molecule has 0 radical (unpaired) electrons. The molecule has 0 saturated carbocycles. The Morgan fingerprint density at radius 2 is 2.00 bits per heavy atom. The normalized spacial score (nSPS) is 13.2. The maximum Gasteiger partial charge on any atom is 0.177 e. The summed E-state index contributed by atoms with van der Waals surface area (Å²) in [5, 5.41) is 6.14. The van der Waals surface area contributed by atoms with Gasteiger partial charge in [0.05, 0.1) is 16.6 Å². The van der Waals surface area contributed by atoms with Crippen LogP contribution in [0.25, 0.3) is 0 Å². The molecule has 0 aliphatic heterocycles. The number of sulfone groups is 1. The minimum absolute atomic E-state index is 0.0263. The van der Waals surface area contributed by atoms with E-state index in [4.69, 9.17) is 0 Å². The highest BCUT2D eigenvalue weighted by Gasteiger charge is 2.16. The molecule has 102 valence electrons. The molecule has 2 rings (SSSR count). The van der Waals surface area contributed by atoms with E-state index in [1.165, 1.54) is 6.26 Å². The number of hydrogen-bond acceptors (Lipinski definition) is 5. The molecule has 1 aromatic carbocycles. The number of anilines is 1. The summed E-state index contributed by atoms with van der Waals surface area (Å²) in [4.78, 5) is 4.72. The van der Waals surface area contributed by atoms with E-state index in [2.05, 4.69) is 10.3 Å². The largest absolute Gasteiger partial charge is 0.375 e. The van der Waals surface area contributed by atoms with Crippen molar-refractivity contribution in [3.05, 3.63) is 40.3 Å². The lowest BCUT2D eigenvalue weighted by Crippen LogP contribution is -2.10. The molecule has 6 heteroatoms. The van der Waals surface area contributed by atoms with Crippen LogP contribution in [0.4, 0.5) is 5.69 Å². The standard InChI is InChI=1S/C13H16N2O2S2/c1-9-8-18-13(14-9)10(2)15-11-6-4-5-7-12(11)19(3,16)17/h4-8,10,15H,1-3H3. The Labute approximate surface area is 117 Å². The second kappa shape index (κ2) is 5.30. The fourth-order valence-electron chi connectivity index (χ4n) is 1.78. The van der Waals surface area contributed by atoms with Crippen molar-refractivity contribution in [1.29, 1.82) is 0 Å². The van der Waals surface area contributed by atoms with Crippen LogP contribution in [0, 0.1) is 6.92 Å². The van der Waals surface area contributed by atoms with Gasteiger partial charge in [-0.05, 0) is 26.0 Å². The van der Waals surface area contributed by atoms with Crippen molar-refractivity contribution in [2.75, 3.05) is 11.6 Å². The van der Waals surface area contributed by atoms with Gasteiger partial charge in [-0.1, -0.05) is 12.1 Å². The summed E-state index contributed by atoms with van der Waals surface area (Å²) in [5.74, 6) is 0. The summed E-state index contributed by atoms with van der Waals surface area (Å²) >= 11 is 1.57. The van der Waals surface area contributed by atoms with E-state index >= 15 is 0 Å². The number of thiazole rings is 1. The molecule has 1 atom stereocenters. The second-order valence-electron chi connectivity index (χ2n) is 4.46. The van der Waals surface area contributed by atoms with Gasteiger partial charge in [-0.25, -0.2) is 13.4 Å². The molecule has 1 aromatic heterocycles. The fraction of sp³-hybridized carbons (Fsp3) is 0.308. The summed E-state index contributed by atoms with van der Waals surface area (Å²) in [7, 11) is -3.24. The number of para-hydroxylation sites is 1. The van der Waals surface area contributed by atoms with E-state index in [1.807, 2.05) is 25.3 Å². The van der Waals surface area contributed by atoms with Crippen molar-refractivity contribution in [1.82, 2.24) is 4.98 Å². The second-order valence-corrected chi connectivity index (χ2v) is 7.34. The predicted octanol–water partition coefficient (Wildman–Crippen LogP) is 3.03. The fourth-order valence-corrected chi connectivity index (χ4v) is 3.43. The quantitative estimate of drug-likeness (QED) is 0.942. The molecule has 0 amide bonds. The third kappa shape index (κ3) is 3.33. The van der Waals surface area contributed by atoms with Crippen molar-refractivity contribution >= 4 is 26.9 Å². The van der Waals surface area contributed by atoms with E-state index in [0.717, 1.165) is 10.7 Å². The Kier molecular flexibility index (Phi) is 3.91. The molecule has 1 heterocycles. The first-order valence-corrected chi connectivity index (χ1v) is 8.62. The summed E-state index contributed by atoms with van der Waals surface area (Å²) < 4.78 is 23.4. The number of hydrogen-bond donors (Lipinski definition) is 1. The molecule has 1 N–H and O–H groups in total. The number of aromatic nitrogens is 1. The Balaban J connectivity index is 2.29. The van der Waals surface area contributed by atoms with Crippen LogP contribution in [-0.2, 0) is 9.84 Å². The van der Waals surface area contributed by atoms with Gasteiger partial charge in [0.2, 0.25) is 0 Å². The highest BCUT2D eigenvalue weighted by Crippen LogP contribution is 2.26. The van der Waals surface area contributed by atoms with Crippen LogP contribution in [0.1, 0.15) is 23.7 Å². The number of benzene rings is 1. The van der Waals surface area contributed by atoms with Crippen molar-refractivity contribution in [3.63, 3.8) is 0 Å². The minimum Gasteiger partial charge on any atom is -0.375 e. The van der Waals surface area contributed by atoms with Crippen LogP contribution in [0.2, 0.25) is 0 Å². The van der Waals surface area contributed by atoms with Crippen LogP contribution >= 0.6 is 11.3 Å². The molecule has 0 bridgehead atoms. The molecule has 0 aliphatic rings. The molecule has 0 saturated heterocycles. The average Bonchev–Trinajstić information content (AvgIpc) is 2.75. The van der Waals surface area contributed by atoms with E-state index in [-0.39, 0.29) is 6.04 Å². The summed E-state index contributed by atoms with van der Waals surface area (Å²) in [6, 6.07) is 6.89. The summed E-state index contributed by atoms with van der Waals surface area (Å²) in [6.07, 6.45) is 1.21. The lowest BCUT2D eigenvalue weighted by molar-refractivity contribution is 0.602. The van der Waals surface area contributed by atoms with Gasteiger partial charge in [0.25, 0.3) is 0 Å². The number of aryl methyl sites for hydroxylation is 1. The smallest absolute Gasteiger partial charge is 0.177 e. The van der Waals surface area contributed by atoms with E-state index < -0.39 is 9.84 Å². The van der Waals surface area contributed by atoms with Gasteiger partial charge in [0.15, 0.2) is 9.84 Å². The van der Waals surface area contributed by atoms with Crippen LogP contribution < -0.4 is 5.32 Å². The zero-order chi connectivity index (χ0) is 14.0. The van der Waals surface area contributed by atoms with E-state index in [9.17, 15) is 8.42 Å². The Hall–Kier alpha value is -1.40. The third-order valence-corrected chi connectivity index (χ3v) is 4.97. The zero-order valence-corrected chi connectivity index (χ0v) is 12.7. The molecular weight excluding hydrogens is 280 g/mol. The lowest BCUT2D eigenvalue weighted by atomic mass is 10.2. The number of nitrogens with zero attached hydrogens (tertiary/aromatic N) is 1. The Morgan fingerprint density at radius 1 is 1.32 bits per heavy atom. The average molecular weight is 296 g/mol. The van der Waals surface area contributed by atoms with Gasteiger partial charge in [-0.2, -0.15) is 0 Å². The third-order valence-electron chi connectivity index (χ3n) is 2.67. The maximum absolute atomic E-state index is 11.7. The molecule has 2 aromatic rings. The van der Waals surface area contributed by atoms with Crippen molar-refractivity contribution in [2.24, 2.45) is 0 Å². The highest BCUT2D eigenvalue weighted by atomic mass is 32.2. The van der Waals surface area contributed by atoms with Crippen molar-refractivity contribution in [3.8, 4) is 0 Å². The van der Waals surface area contributed by atoms with Crippen LogP contribution in [0.5, 0.6) is 0 Å². The minimum atomic E-state index is -3.24. The molecule has 19 heavy (non-hydrogen) atoms.